The lowest BCUT2D eigenvalue weighted by Crippen LogP contribution is -2.09. The van der Waals surface area contributed by atoms with E-state index in [9.17, 15) is 9.59 Å². The first-order valence-corrected chi connectivity index (χ1v) is 6.03. The van der Waals surface area contributed by atoms with Gasteiger partial charge in [0.05, 0.1) is 24.3 Å². The molecule has 1 aromatic rings. The average molecular weight is 301 g/mol. The topological polar surface area (TPSA) is 52.6 Å². The number of ether oxygens (including phenoxy) is 2. The SMILES string of the molecule is CCOC(=O)c1ccc(Br)c(C(=O)OCC)c1. The van der Waals surface area contributed by atoms with Crippen molar-refractivity contribution in [1.29, 1.82) is 0 Å². The summed E-state index contributed by atoms with van der Waals surface area (Å²) in [5.41, 5.74) is 0.649. The maximum absolute atomic E-state index is 11.6. The van der Waals surface area contributed by atoms with Gasteiger partial charge in [0.15, 0.2) is 0 Å². The average Bonchev–Trinajstić information content (AvgIpc) is 2.30. The standard InChI is InChI=1S/C12H13BrO4/c1-3-16-11(14)8-5-6-10(13)9(7-8)12(15)17-4-2/h5-7H,3-4H2,1-2H3. The zero-order valence-electron chi connectivity index (χ0n) is 9.66. The van der Waals surface area contributed by atoms with Crippen LogP contribution < -0.4 is 0 Å². The van der Waals surface area contributed by atoms with Gasteiger partial charge < -0.3 is 9.47 Å². The molecular formula is C12H13BrO4. The molecule has 0 spiro atoms. The molecule has 0 fully saturated rings. The molecule has 0 bridgehead atoms. The molecule has 0 aromatic heterocycles. The molecule has 0 N–H and O–H groups in total. The number of rotatable bonds is 4. The third kappa shape index (κ3) is 3.56. The third-order valence-electron chi connectivity index (χ3n) is 1.97. The zero-order valence-corrected chi connectivity index (χ0v) is 11.2. The van der Waals surface area contributed by atoms with Crippen molar-refractivity contribution in [3.05, 3.63) is 33.8 Å². The summed E-state index contributed by atoms with van der Waals surface area (Å²) in [4.78, 5) is 23.1. The summed E-state index contributed by atoms with van der Waals surface area (Å²) in [6.07, 6.45) is 0. The van der Waals surface area contributed by atoms with E-state index in [4.69, 9.17) is 9.47 Å². The van der Waals surface area contributed by atoms with E-state index in [-0.39, 0.29) is 6.61 Å². The van der Waals surface area contributed by atoms with Crippen molar-refractivity contribution >= 4 is 27.9 Å². The van der Waals surface area contributed by atoms with Crippen LogP contribution in [0.4, 0.5) is 0 Å². The van der Waals surface area contributed by atoms with Crippen molar-refractivity contribution in [2.75, 3.05) is 13.2 Å². The highest BCUT2D eigenvalue weighted by Crippen LogP contribution is 2.20. The number of benzene rings is 1. The molecule has 0 aliphatic heterocycles. The Kier molecular flexibility index (Phi) is 5.15. The summed E-state index contributed by atoms with van der Waals surface area (Å²) in [5, 5.41) is 0. The predicted octanol–water partition coefficient (Wildman–Crippen LogP) is 2.80. The Morgan fingerprint density at radius 1 is 1.12 bits per heavy atom. The molecule has 5 heteroatoms. The molecule has 17 heavy (non-hydrogen) atoms. The smallest absolute Gasteiger partial charge is 0.339 e. The van der Waals surface area contributed by atoms with E-state index in [1.807, 2.05) is 0 Å². The van der Waals surface area contributed by atoms with Gasteiger partial charge in [0.25, 0.3) is 0 Å². The third-order valence-corrected chi connectivity index (χ3v) is 2.66. The van der Waals surface area contributed by atoms with Gasteiger partial charge >= 0.3 is 11.9 Å². The minimum absolute atomic E-state index is 0.287. The molecule has 0 saturated heterocycles. The predicted molar refractivity (Wildman–Crippen MR) is 66.1 cm³/mol. The summed E-state index contributed by atoms with van der Waals surface area (Å²) >= 11 is 3.24. The number of hydrogen-bond acceptors (Lipinski definition) is 4. The summed E-state index contributed by atoms with van der Waals surface area (Å²) in [7, 11) is 0. The highest BCUT2D eigenvalue weighted by atomic mass is 79.9. The molecule has 0 saturated carbocycles. The molecule has 0 atom stereocenters. The Bertz CT molecular complexity index is 429. The lowest BCUT2D eigenvalue weighted by atomic mass is 10.1. The number of carbonyl (C=O) groups excluding carboxylic acids is 2. The minimum atomic E-state index is -0.467. The van der Waals surface area contributed by atoms with Gasteiger partial charge in [-0.2, -0.15) is 0 Å². The van der Waals surface area contributed by atoms with Gasteiger partial charge in [0.1, 0.15) is 0 Å². The van der Waals surface area contributed by atoms with E-state index in [1.54, 1.807) is 26.0 Å². The Balaban J connectivity index is 3.02. The van der Waals surface area contributed by atoms with Crippen LogP contribution in [0.3, 0.4) is 0 Å². The molecule has 0 heterocycles. The van der Waals surface area contributed by atoms with Gasteiger partial charge in [-0.1, -0.05) is 0 Å². The maximum Gasteiger partial charge on any atom is 0.339 e. The number of halogens is 1. The molecule has 1 rings (SSSR count). The van der Waals surface area contributed by atoms with Crippen LogP contribution in [0.5, 0.6) is 0 Å². The van der Waals surface area contributed by atoms with Crippen molar-refractivity contribution in [1.82, 2.24) is 0 Å². The van der Waals surface area contributed by atoms with Crippen LogP contribution in [0, 0.1) is 0 Å². The van der Waals surface area contributed by atoms with E-state index in [0.717, 1.165) is 0 Å². The number of carbonyl (C=O) groups is 2. The van der Waals surface area contributed by atoms with Crippen molar-refractivity contribution in [3.8, 4) is 0 Å². The van der Waals surface area contributed by atoms with Crippen molar-refractivity contribution < 1.29 is 19.1 Å². The molecule has 4 nitrogen and oxygen atoms in total. The Morgan fingerprint density at radius 2 is 1.71 bits per heavy atom. The van der Waals surface area contributed by atoms with Crippen molar-refractivity contribution in [2.45, 2.75) is 13.8 Å². The molecule has 0 aliphatic carbocycles. The van der Waals surface area contributed by atoms with Gasteiger partial charge in [-0.15, -0.1) is 0 Å². The molecule has 92 valence electrons. The van der Waals surface area contributed by atoms with Crippen LogP contribution in [0.15, 0.2) is 22.7 Å². The van der Waals surface area contributed by atoms with Crippen molar-refractivity contribution in [3.63, 3.8) is 0 Å². The Hall–Kier alpha value is -1.36. The summed E-state index contributed by atoms with van der Waals surface area (Å²) in [5.74, 6) is -0.920. The highest BCUT2D eigenvalue weighted by Gasteiger charge is 2.15. The second kappa shape index (κ2) is 6.39. The molecule has 0 aliphatic rings. The van der Waals surface area contributed by atoms with E-state index in [0.29, 0.717) is 22.2 Å². The van der Waals surface area contributed by atoms with Crippen molar-refractivity contribution in [2.24, 2.45) is 0 Å². The fourth-order valence-electron chi connectivity index (χ4n) is 1.23. The lowest BCUT2D eigenvalue weighted by molar-refractivity contribution is 0.0524. The van der Waals surface area contributed by atoms with Gasteiger partial charge in [0.2, 0.25) is 0 Å². The van der Waals surface area contributed by atoms with Crippen LogP contribution >= 0.6 is 15.9 Å². The molecule has 1 aromatic carbocycles. The van der Waals surface area contributed by atoms with E-state index >= 15 is 0 Å². The first kappa shape index (κ1) is 13.7. The molecule has 0 radical (unpaired) electrons. The lowest BCUT2D eigenvalue weighted by Gasteiger charge is -2.06. The summed E-state index contributed by atoms with van der Waals surface area (Å²) in [6.45, 7) is 4.03. The Morgan fingerprint density at radius 3 is 2.29 bits per heavy atom. The maximum atomic E-state index is 11.6. The van der Waals surface area contributed by atoms with Gasteiger partial charge in [0, 0.05) is 4.47 Å². The minimum Gasteiger partial charge on any atom is -0.462 e. The first-order valence-electron chi connectivity index (χ1n) is 5.24. The van der Waals surface area contributed by atoms with Gasteiger partial charge in [-0.3, -0.25) is 0 Å². The highest BCUT2D eigenvalue weighted by molar-refractivity contribution is 9.10. The number of esters is 2. The fourth-order valence-corrected chi connectivity index (χ4v) is 1.64. The zero-order chi connectivity index (χ0) is 12.8. The largest absolute Gasteiger partial charge is 0.462 e. The summed E-state index contributed by atoms with van der Waals surface area (Å²) < 4.78 is 10.3. The van der Waals surface area contributed by atoms with Crippen LogP contribution in [-0.4, -0.2) is 25.2 Å². The van der Waals surface area contributed by atoms with Crippen LogP contribution in [0.2, 0.25) is 0 Å². The summed E-state index contributed by atoms with van der Waals surface area (Å²) in [6, 6.07) is 4.67. The van der Waals surface area contributed by atoms with Crippen LogP contribution in [0.25, 0.3) is 0 Å². The van der Waals surface area contributed by atoms with E-state index < -0.39 is 11.9 Å². The first-order chi connectivity index (χ1) is 8.10. The second-order valence-electron chi connectivity index (χ2n) is 3.14. The van der Waals surface area contributed by atoms with Gasteiger partial charge in [-0.05, 0) is 48.0 Å². The van der Waals surface area contributed by atoms with Crippen LogP contribution in [0.1, 0.15) is 34.6 Å². The van der Waals surface area contributed by atoms with Crippen LogP contribution in [-0.2, 0) is 9.47 Å². The molecular weight excluding hydrogens is 288 g/mol. The molecule has 0 unspecified atom stereocenters. The fraction of sp³-hybridized carbons (Fsp3) is 0.333. The van der Waals surface area contributed by atoms with Gasteiger partial charge in [-0.25, -0.2) is 9.59 Å². The second-order valence-corrected chi connectivity index (χ2v) is 3.99. The number of hydrogen-bond donors (Lipinski definition) is 0. The monoisotopic (exact) mass is 300 g/mol. The Labute approximate surface area is 108 Å². The van der Waals surface area contributed by atoms with E-state index in [2.05, 4.69) is 15.9 Å². The normalized spacial score (nSPS) is 9.82. The molecule has 0 amide bonds. The van der Waals surface area contributed by atoms with E-state index in [1.165, 1.54) is 6.07 Å². The quantitative estimate of drug-likeness (QED) is 0.802.